The maximum absolute atomic E-state index is 5.86. The molecule has 0 radical (unpaired) electrons. The lowest BCUT2D eigenvalue weighted by atomic mass is 9.90. The van der Waals surface area contributed by atoms with Crippen molar-refractivity contribution in [2.45, 2.75) is 52.7 Å². The minimum absolute atomic E-state index is 0.469. The topological polar surface area (TPSA) is 9.23 Å². The van der Waals surface area contributed by atoms with E-state index in [1.807, 2.05) is 0 Å². The Labute approximate surface area is 70.1 Å². The molecule has 0 saturated carbocycles. The quantitative estimate of drug-likeness (QED) is 0.567. The first-order chi connectivity index (χ1) is 5.11. The van der Waals surface area contributed by atoms with Crippen LogP contribution in [0.5, 0.6) is 0 Å². The minimum Gasteiger partial charge on any atom is -0.375 e. The van der Waals surface area contributed by atoms with Crippen molar-refractivity contribution < 1.29 is 4.74 Å². The standard InChI is InChI=1S/C10H20O/c1-7(2)10-6-5-8(3)9(4)11-10/h7-10H,5-6H2,1-4H3. The van der Waals surface area contributed by atoms with Crippen LogP contribution < -0.4 is 0 Å². The monoisotopic (exact) mass is 156 g/mol. The first-order valence-electron chi connectivity index (χ1n) is 4.76. The Balaban J connectivity index is 2.40. The molecule has 0 aliphatic carbocycles. The van der Waals surface area contributed by atoms with Crippen LogP contribution in [-0.2, 0) is 4.74 Å². The third-order valence-corrected chi connectivity index (χ3v) is 2.84. The van der Waals surface area contributed by atoms with Crippen LogP contribution >= 0.6 is 0 Å². The molecule has 0 N–H and O–H groups in total. The number of hydrogen-bond donors (Lipinski definition) is 0. The molecule has 1 aliphatic rings. The predicted octanol–water partition coefficient (Wildman–Crippen LogP) is 2.85. The van der Waals surface area contributed by atoms with Gasteiger partial charge in [0.05, 0.1) is 12.2 Å². The van der Waals surface area contributed by atoms with Crippen LogP contribution in [0.1, 0.15) is 40.5 Å². The van der Waals surface area contributed by atoms with E-state index in [4.69, 9.17) is 4.74 Å². The van der Waals surface area contributed by atoms with E-state index in [9.17, 15) is 0 Å². The Kier molecular flexibility index (Phi) is 2.94. The molecule has 66 valence electrons. The van der Waals surface area contributed by atoms with Crippen molar-refractivity contribution in [2.24, 2.45) is 11.8 Å². The van der Waals surface area contributed by atoms with Crippen LogP contribution in [-0.4, -0.2) is 12.2 Å². The Morgan fingerprint density at radius 1 is 1.18 bits per heavy atom. The van der Waals surface area contributed by atoms with Gasteiger partial charge in [-0.25, -0.2) is 0 Å². The highest BCUT2D eigenvalue weighted by Crippen LogP contribution is 2.27. The van der Waals surface area contributed by atoms with Crippen LogP contribution in [0.3, 0.4) is 0 Å². The largest absolute Gasteiger partial charge is 0.375 e. The first kappa shape index (κ1) is 9.05. The average Bonchev–Trinajstić information content (AvgIpc) is 1.94. The summed E-state index contributed by atoms with van der Waals surface area (Å²) in [6.07, 6.45) is 3.57. The summed E-state index contributed by atoms with van der Waals surface area (Å²) in [5.41, 5.74) is 0. The molecule has 1 fully saturated rings. The maximum Gasteiger partial charge on any atom is 0.0601 e. The SMILES string of the molecule is CC(C)C1CCC(C)C(C)O1. The minimum atomic E-state index is 0.469. The fourth-order valence-corrected chi connectivity index (χ4v) is 1.63. The molecule has 0 aromatic carbocycles. The molecular formula is C10H20O. The zero-order chi connectivity index (χ0) is 8.43. The van der Waals surface area contributed by atoms with Crippen molar-refractivity contribution >= 4 is 0 Å². The van der Waals surface area contributed by atoms with Gasteiger partial charge in [0, 0.05) is 0 Å². The van der Waals surface area contributed by atoms with E-state index < -0.39 is 0 Å². The molecule has 3 atom stereocenters. The zero-order valence-electron chi connectivity index (χ0n) is 8.13. The fourth-order valence-electron chi connectivity index (χ4n) is 1.63. The molecule has 1 aliphatic heterocycles. The average molecular weight is 156 g/mol. The Morgan fingerprint density at radius 2 is 1.82 bits per heavy atom. The van der Waals surface area contributed by atoms with Gasteiger partial charge in [-0.1, -0.05) is 20.8 Å². The molecule has 11 heavy (non-hydrogen) atoms. The van der Waals surface area contributed by atoms with Gasteiger partial charge in [0.2, 0.25) is 0 Å². The van der Waals surface area contributed by atoms with Crippen LogP contribution in [0.2, 0.25) is 0 Å². The fraction of sp³-hybridized carbons (Fsp3) is 1.00. The molecule has 1 nitrogen and oxygen atoms in total. The van der Waals surface area contributed by atoms with E-state index in [2.05, 4.69) is 27.7 Å². The van der Waals surface area contributed by atoms with Crippen molar-refractivity contribution in [1.29, 1.82) is 0 Å². The van der Waals surface area contributed by atoms with Crippen molar-refractivity contribution in [1.82, 2.24) is 0 Å². The summed E-state index contributed by atoms with van der Waals surface area (Å²) in [5, 5.41) is 0. The lowest BCUT2D eigenvalue weighted by Gasteiger charge is -2.34. The van der Waals surface area contributed by atoms with Gasteiger partial charge in [-0.15, -0.1) is 0 Å². The van der Waals surface area contributed by atoms with Gasteiger partial charge in [-0.3, -0.25) is 0 Å². The first-order valence-corrected chi connectivity index (χ1v) is 4.76. The third kappa shape index (κ3) is 2.19. The molecule has 0 amide bonds. The number of rotatable bonds is 1. The smallest absolute Gasteiger partial charge is 0.0601 e. The van der Waals surface area contributed by atoms with Crippen molar-refractivity contribution in [3.05, 3.63) is 0 Å². The lowest BCUT2D eigenvalue weighted by molar-refractivity contribution is -0.0877. The molecule has 1 heteroatoms. The summed E-state index contributed by atoms with van der Waals surface area (Å²) in [5.74, 6) is 1.44. The van der Waals surface area contributed by atoms with E-state index in [-0.39, 0.29) is 0 Å². The summed E-state index contributed by atoms with van der Waals surface area (Å²) in [7, 11) is 0. The third-order valence-electron chi connectivity index (χ3n) is 2.84. The maximum atomic E-state index is 5.86. The second kappa shape index (κ2) is 3.57. The van der Waals surface area contributed by atoms with Crippen LogP contribution in [0.25, 0.3) is 0 Å². The van der Waals surface area contributed by atoms with Gasteiger partial charge < -0.3 is 4.74 Å². The number of hydrogen-bond acceptors (Lipinski definition) is 1. The summed E-state index contributed by atoms with van der Waals surface area (Å²) in [6, 6.07) is 0. The van der Waals surface area contributed by atoms with Gasteiger partial charge in [0.25, 0.3) is 0 Å². The van der Waals surface area contributed by atoms with E-state index in [1.54, 1.807) is 0 Å². The molecule has 0 spiro atoms. The second-order valence-corrected chi connectivity index (χ2v) is 4.18. The zero-order valence-corrected chi connectivity index (χ0v) is 8.13. The highest BCUT2D eigenvalue weighted by Gasteiger charge is 2.26. The highest BCUT2D eigenvalue weighted by molar-refractivity contribution is 4.75. The Bertz CT molecular complexity index is 120. The molecule has 1 rings (SSSR count). The van der Waals surface area contributed by atoms with E-state index in [0.717, 1.165) is 5.92 Å². The summed E-state index contributed by atoms with van der Waals surface area (Å²) in [6.45, 7) is 8.96. The molecule has 0 bridgehead atoms. The van der Waals surface area contributed by atoms with E-state index in [0.29, 0.717) is 18.1 Å². The van der Waals surface area contributed by atoms with Crippen molar-refractivity contribution in [2.75, 3.05) is 0 Å². The normalized spacial score (nSPS) is 39.5. The molecule has 3 unspecified atom stereocenters. The molecule has 0 aromatic rings. The lowest BCUT2D eigenvalue weighted by Crippen LogP contribution is -2.34. The highest BCUT2D eigenvalue weighted by atomic mass is 16.5. The van der Waals surface area contributed by atoms with Crippen molar-refractivity contribution in [3.8, 4) is 0 Å². The van der Waals surface area contributed by atoms with Gasteiger partial charge >= 0.3 is 0 Å². The number of ether oxygens (including phenoxy) is 1. The Hall–Kier alpha value is -0.0400. The van der Waals surface area contributed by atoms with Gasteiger partial charge in [-0.2, -0.15) is 0 Å². The molecular weight excluding hydrogens is 136 g/mol. The van der Waals surface area contributed by atoms with E-state index in [1.165, 1.54) is 12.8 Å². The van der Waals surface area contributed by atoms with Crippen LogP contribution in [0.4, 0.5) is 0 Å². The summed E-state index contributed by atoms with van der Waals surface area (Å²) in [4.78, 5) is 0. The molecule has 1 heterocycles. The van der Waals surface area contributed by atoms with E-state index >= 15 is 0 Å². The van der Waals surface area contributed by atoms with Crippen LogP contribution in [0, 0.1) is 11.8 Å². The Morgan fingerprint density at radius 3 is 2.27 bits per heavy atom. The summed E-state index contributed by atoms with van der Waals surface area (Å²) >= 11 is 0. The van der Waals surface area contributed by atoms with Gasteiger partial charge in [0.15, 0.2) is 0 Å². The summed E-state index contributed by atoms with van der Waals surface area (Å²) < 4.78 is 5.86. The molecule has 1 saturated heterocycles. The predicted molar refractivity (Wildman–Crippen MR) is 47.6 cm³/mol. The van der Waals surface area contributed by atoms with Gasteiger partial charge in [0.1, 0.15) is 0 Å². The molecule has 0 aromatic heterocycles. The van der Waals surface area contributed by atoms with Gasteiger partial charge in [-0.05, 0) is 31.6 Å². The second-order valence-electron chi connectivity index (χ2n) is 4.18. The van der Waals surface area contributed by atoms with Crippen molar-refractivity contribution in [3.63, 3.8) is 0 Å². The van der Waals surface area contributed by atoms with Crippen LogP contribution in [0.15, 0.2) is 0 Å².